The van der Waals surface area contributed by atoms with Crippen LogP contribution in [0.3, 0.4) is 0 Å². The van der Waals surface area contributed by atoms with Crippen molar-refractivity contribution in [2.75, 3.05) is 6.54 Å². The van der Waals surface area contributed by atoms with Crippen LogP contribution in [-0.4, -0.2) is 35.0 Å². The van der Waals surface area contributed by atoms with Crippen LogP contribution in [0.2, 0.25) is 0 Å². The molecule has 1 saturated carbocycles. The summed E-state index contributed by atoms with van der Waals surface area (Å²) in [6.45, 7) is 12.7. The molecule has 5 nitrogen and oxygen atoms in total. The maximum Gasteiger partial charge on any atom is 0.315 e. The molecule has 0 radical (unpaired) electrons. The van der Waals surface area contributed by atoms with E-state index in [1.165, 1.54) is 6.42 Å². The summed E-state index contributed by atoms with van der Waals surface area (Å²) in [4.78, 5) is 27.2. The van der Waals surface area contributed by atoms with E-state index >= 15 is 0 Å². The van der Waals surface area contributed by atoms with Crippen molar-refractivity contribution >= 4 is 11.9 Å². The van der Waals surface area contributed by atoms with Crippen molar-refractivity contribution in [3.63, 3.8) is 0 Å². The van der Waals surface area contributed by atoms with Gasteiger partial charge in [0.15, 0.2) is 0 Å². The molecule has 136 valence electrons. The van der Waals surface area contributed by atoms with Crippen molar-refractivity contribution in [2.45, 2.75) is 84.2 Å². The van der Waals surface area contributed by atoms with E-state index < -0.39 is 6.04 Å². The number of amides is 3. The van der Waals surface area contributed by atoms with Crippen LogP contribution in [0.4, 0.5) is 4.79 Å². The van der Waals surface area contributed by atoms with Gasteiger partial charge in [0.2, 0.25) is 5.91 Å². The Morgan fingerprint density at radius 3 is 2.29 bits per heavy atom. The summed E-state index contributed by atoms with van der Waals surface area (Å²) in [5.41, 5.74) is 0.339. The van der Waals surface area contributed by atoms with Gasteiger partial charge in [0.25, 0.3) is 0 Å². The second kappa shape index (κ2) is 7.16. The lowest BCUT2D eigenvalue weighted by Gasteiger charge is -2.37. The SMILES string of the molecule is C=C1CCCN1C(=O)[C@@H](NC(=O)NC1(C)CCCCC1)C(C)(C)C. The highest BCUT2D eigenvalue weighted by molar-refractivity contribution is 5.89. The number of nitrogens with zero attached hydrogens (tertiary/aromatic N) is 1. The minimum atomic E-state index is -0.556. The molecule has 24 heavy (non-hydrogen) atoms. The van der Waals surface area contributed by atoms with Gasteiger partial charge in [-0.25, -0.2) is 4.79 Å². The fourth-order valence-corrected chi connectivity index (χ4v) is 3.70. The number of hydrogen-bond acceptors (Lipinski definition) is 2. The second-order valence-electron chi connectivity index (χ2n) is 8.68. The molecule has 0 unspecified atom stereocenters. The number of likely N-dealkylation sites (tertiary alicyclic amines) is 1. The van der Waals surface area contributed by atoms with E-state index in [4.69, 9.17) is 0 Å². The summed E-state index contributed by atoms with van der Waals surface area (Å²) in [7, 11) is 0. The number of allylic oxidation sites excluding steroid dienone is 1. The molecule has 2 N–H and O–H groups in total. The van der Waals surface area contributed by atoms with Crippen molar-refractivity contribution in [1.82, 2.24) is 15.5 Å². The highest BCUT2D eigenvalue weighted by Gasteiger charge is 2.38. The molecule has 2 rings (SSSR count). The molecule has 0 aromatic heterocycles. The van der Waals surface area contributed by atoms with E-state index in [0.717, 1.165) is 44.2 Å². The van der Waals surface area contributed by atoms with E-state index in [2.05, 4.69) is 24.1 Å². The predicted molar refractivity (Wildman–Crippen MR) is 96.5 cm³/mol. The molecule has 5 heteroatoms. The van der Waals surface area contributed by atoms with Gasteiger partial charge in [0, 0.05) is 17.8 Å². The van der Waals surface area contributed by atoms with Gasteiger partial charge in [0.05, 0.1) is 0 Å². The van der Waals surface area contributed by atoms with Gasteiger partial charge in [0.1, 0.15) is 6.04 Å². The van der Waals surface area contributed by atoms with Gasteiger partial charge >= 0.3 is 6.03 Å². The average molecular weight is 335 g/mol. The molecule has 2 aliphatic rings. The summed E-state index contributed by atoms with van der Waals surface area (Å²) < 4.78 is 0. The topological polar surface area (TPSA) is 61.4 Å². The molecule has 3 amide bonds. The van der Waals surface area contributed by atoms with Crippen molar-refractivity contribution in [3.8, 4) is 0 Å². The lowest BCUT2D eigenvalue weighted by Crippen LogP contribution is -2.59. The lowest BCUT2D eigenvalue weighted by molar-refractivity contribution is -0.133. The molecular weight excluding hydrogens is 302 g/mol. The standard InChI is InChI=1S/C19H33N3O2/c1-14-10-9-13-22(14)16(23)15(18(2,3)4)20-17(24)21-19(5)11-7-6-8-12-19/h15H,1,6-13H2,2-5H3,(H2,20,21,24)/t15-/m1/s1. The highest BCUT2D eigenvalue weighted by Crippen LogP contribution is 2.29. The Labute approximate surface area is 146 Å². The zero-order valence-electron chi connectivity index (χ0n) is 15.7. The Bertz CT molecular complexity index is 501. The maximum atomic E-state index is 12.9. The number of urea groups is 1. The predicted octanol–water partition coefficient (Wildman–Crippen LogP) is 3.56. The van der Waals surface area contributed by atoms with Crippen LogP contribution in [0.15, 0.2) is 12.3 Å². The first-order valence-corrected chi connectivity index (χ1v) is 9.20. The maximum absolute atomic E-state index is 12.9. The zero-order chi connectivity index (χ0) is 18.0. The number of carbonyl (C=O) groups excluding carboxylic acids is 2. The lowest BCUT2D eigenvalue weighted by atomic mass is 9.83. The van der Waals surface area contributed by atoms with Crippen LogP contribution in [0.1, 0.15) is 72.6 Å². The van der Waals surface area contributed by atoms with E-state index in [9.17, 15) is 9.59 Å². The third-order valence-electron chi connectivity index (χ3n) is 5.26. The molecule has 1 aliphatic heterocycles. The first-order chi connectivity index (χ1) is 11.1. The van der Waals surface area contributed by atoms with Crippen LogP contribution >= 0.6 is 0 Å². The summed E-state index contributed by atoms with van der Waals surface area (Å²) in [6.07, 6.45) is 7.32. The molecule has 0 aromatic rings. The molecule has 1 aliphatic carbocycles. The van der Waals surface area contributed by atoms with Gasteiger partial charge in [-0.3, -0.25) is 4.79 Å². The fraction of sp³-hybridized carbons (Fsp3) is 0.789. The van der Waals surface area contributed by atoms with Crippen molar-refractivity contribution < 1.29 is 9.59 Å². The van der Waals surface area contributed by atoms with E-state index in [-0.39, 0.29) is 22.9 Å². The number of rotatable bonds is 3. The second-order valence-corrected chi connectivity index (χ2v) is 8.68. The normalized spacial score (nSPS) is 22.2. The van der Waals surface area contributed by atoms with Crippen molar-refractivity contribution in [2.24, 2.45) is 5.41 Å². The van der Waals surface area contributed by atoms with Crippen LogP contribution < -0.4 is 10.6 Å². The third kappa shape index (κ3) is 4.52. The molecule has 0 spiro atoms. The van der Waals surface area contributed by atoms with Crippen LogP contribution in [0, 0.1) is 5.41 Å². The first-order valence-electron chi connectivity index (χ1n) is 9.20. The van der Waals surface area contributed by atoms with Crippen LogP contribution in [0.5, 0.6) is 0 Å². The highest BCUT2D eigenvalue weighted by atomic mass is 16.2. The van der Waals surface area contributed by atoms with Gasteiger partial charge < -0.3 is 15.5 Å². The Balaban J connectivity index is 2.04. The minimum absolute atomic E-state index is 0.0473. The van der Waals surface area contributed by atoms with E-state index in [1.807, 2.05) is 20.8 Å². The minimum Gasteiger partial charge on any atom is -0.333 e. The Morgan fingerprint density at radius 2 is 1.79 bits per heavy atom. The average Bonchev–Trinajstić information content (AvgIpc) is 2.89. The third-order valence-corrected chi connectivity index (χ3v) is 5.26. The molecule has 2 fully saturated rings. The first kappa shape index (κ1) is 18.8. The monoisotopic (exact) mass is 335 g/mol. The van der Waals surface area contributed by atoms with E-state index in [1.54, 1.807) is 4.90 Å². The van der Waals surface area contributed by atoms with Gasteiger partial charge in [-0.2, -0.15) is 0 Å². The molecule has 1 saturated heterocycles. The summed E-state index contributed by atoms with van der Waals surface area (Å²) in [5.74, 6) is -0.0473. The smallest absolute Gasteiger partial charge is 0.315 e. The molecule has 0 bridgehead atoms. The van der Waals surface area contributed by atoms with Crippen LogP contribution in [-0.2, 0) is 4.79 Å². The van der Waals surface area contributed by atoms with Crippen molar-refractivity contribution in [3.05, 3.63) is 12.3 Å². The van der Waals surface area contributed by atoms with Gasteiger partial charge in [-0.15, -0.1) is 0 Å². The van der Waals surface area contributed by atoms with Gasteiger partial charge in [-0.05, 0) is 38.0 Å². The van der Waals surface area contributed by atoms with E-state index in [0.29, 0.717) is 6.54 Å². The Hall–Kier alpha value is -1.52. The van der Waals surface area contributed by atoms with Crippen LogP contribution in [0.25, 0.3) is 0 Å². The molecule has 1 heterocycles. The number of carbonyl (C=O) groups is 2. The van der Waals surface area contributed by atoms with Gasteiger partial charge in [-0.1, -0.05) is 46.6 Å². The molecule has 1 atom stereocenters. The fourth-order valence-electron chi connectivity index (χ4n) is 3.70. The molecule has 0 aromatic carbocycles. The number of hydrogen-bond donors (Lipinski definition) is 2. The summed E-state index contributed by atoms with van der Waals surface area (Å²) >= 11 is 0. The largest absolute Gasteiger partial charge is 0.333 e. The number of nitrogens with one attached hydrogen (secondary N) is 2. The Kier molecular flexibility index (Phi) is 5.61. The quantitative estimate of drug-likeness (QED) is 0.828. The molecular formula is C19H33N3O2. The van der Waals surface area contributed by atoms with Crippen molar-refractivity contribution in [1.29, 1.82) is 0 Å². The Morgan fingerprint density at radius 1 is 1.17 bits per heavy atom. The zero-order valence-corrected chi connectivity index (χ0v) is 15.7. The summed E-state index contributed by atoms with van der Waals surface area (Å²) in [6, 6.07) is -0.794. The summed E-state index contributed by atoms with van der Waals surface area (Å²) in [5, 5.41) is 6.06.